The van der Waals surface area contributed by atoms with Gasteiger partial charge in [-0.15, -0.1) is 0 Å². The number of rotatable bonds is 3. The monoisotopic (exact) mass is 209 g/mol. The number of hydrogen-bond donors (Lipinski definition) is 1. The van der Waals surface area contributed by atoms with Gasteiger partial charge in [-0.05, 0) is 30.3 Å². The van der Waals surface area contributed by atoms with Crippen LogP contribution in [0.2, 0.25) is 0 Å². The Balaban J connectivity index is 1.76. The highest BCUT2D eigenvalue weighted by Gasteiger charge is 2.12. The molecule has 1 fully saturated rings. The van der Waals surface area contributed by atoms with Crippen molar-refractivity contribution >= 4 is 17.4 Å². The van der Waals surface area contributed by atoms with Gasteiger partial charge in [0.15, 0.2) is 0 Å². The zero-order chi connectivity index (χ0) is 9.64. The molecule has 1 unspecified atom stereocenters. The first-order valence-electron chi connectivity index (χ1n) is 5.02. The molecule has 1 N–H and O–H groups in total. The Labute approximate surface area is 88.7 Å². The van der Waals surface area contributed by atoms with Crippen LogP contribution in [0, 0.1) is 5.92 Å². The van der Waals surface area contributed by atoms with E-state index in [1.807, 2.05) is 12.4 Å². The summed E-state index contributed by atoms with van der Waals surface area (Å²) in [5.41, 5.74) is 1.03. The second kappa shape index (κ2) is 5.20. The van der Waals surface area contributed by atoms with Crippen LogP contribution < -0.4 is 5.32 Å². The van der Waals surface area contributed by atoms with E-state index in [2.05, 4.69) is 27.0 Å². The number of thioether (sulfide) groups is 1. The van der Waals surface area contributed by atoms with Crippen LogP contribution >= 0.6 is 11.8 Å². The van der Waals surface area contributed by atoms with Crippen LogP contribution in [0.15, 0.2) is 18.7 Å². The molecule has 1 aromatic rings. The molecule has 0 spiro atoms. The lowest BCUT2D eigenvalue weighted by Crippen LogP contribution is -2.20. The van der Waals surface area contributed by atoms with Crippen LogP contribution in [0.4, 0.5) is 5.69 Å². The maximum absolute atomic E-state index is 3.97. The normalized spacial score (nSPS) is 21.9. The summed E-state index contributed by atoms with van der Waals surface area (Å²) in [6, 6.07) is 0. The molecule has 1 saturated heterocycles. The predicted octanol–water partition coefficient (Wildman–Crippen LogP) is 2.03. The lowest BCUT2D eigenvalue weighted by molar-refractivity contribution is 0.548. The minimum Gasteiger partial charge on any atom is -0.382 e. The molecular weight excluding hydrogens is 194 g/mol. The van der Waals surface area contributed by atoms with Crippen molar-refractivity contribution in [3.05, 3.63) is 18.7 Å². The minimum atomic E-state index is 0.814. The van der Waals surface area contributed by atoms with E-state index in [9.17, 15) is 0 Å². The van der Waals surface area contributed by atoms with Crippen molar-refractivity contribution < 1.29 is 0 Å². The number of hydrogen-bond acceptors (Lipinski definition) is 4. The summed E-state index contributed by atoms with van der Waals surface area (Å²) in [6.45, 7) is 1.06. The Kier molecular flexibility index (Phi) is 3.63. The van der Waals surface area contributed by atoms with Gasteiger partial charge in [-0.1, -0.05) is 0 Å². The lowest BCUT2D eigenvalue weighted by atomic mass is 10.1. The quantitative estimate of drug-likeness (QED) is 0.826. The van der Waals surface area contributed by atoms with Gasteiger partial charge in [0, 0.05) is 6.54 Å². The van der Waals surface area contributed by atoms with Gasteiger partial charge in [-0.2, -0.15) is 11.8 Å². The fourth-order valence-corrected chi connectivity index (χ4v) is 2.78. The fraction of sp³-hybridized carbons (Fsp3) is 0.600. The zero-order valence-electron chi connectivity index (χ0n) is 8.15. The van der Waals surface area contributed by atoms with E-state index in [0.717, 1.165) is 18.2 Å². The molecule has 1 aliphatic rings. The van der Waals surface area contributed by atoms with Crippen LogP contribution in [0.25, 0.3) is 0 Å². The first kappa shape index (κ1) is 9.77. The van der Waals surface area contributed by atoms with E-state index in [0.29, 0.717) is 0 Å². The molecular formula is C10H15N3S. The maximum Gasteiger partial charge on any atom is 0.115 e. The highest BCUT2D eigenvalue weighted by molar-refractivity contribution is 7.99. The second-order valence-corrected chi connectivity index (χ2v) is 4.74. The van der Waals surface area contributed by atoms with Crippen LogP contribution in [-0.2, 0) is 0 Å². The molecule has 0 amide bonds. The van der Waals surface area contributed by atoms with Gasteiger partial charge in [0.2, 0.25) is 0 Å². The van der Waals surface area contributed by atoms with E-state index in [4.69, 9.17) is 0 Å². The molecule has 76 valence electrons. The Morgan fingerprint density at radius 1 is 1.43 bits per heavy atom. The van der Waals surface area contributed by atoms with Gasteiger partial charge in [0.25, 0.3) is 0 Å². The summed E-state index contributed by atoms with van der Waals surface area (Å²) in [4.78, 5) is 7.94. The van der Waals surface area contributed by atoms with E-state index < -0.39 is 0 Å². The smallest absolute Gasteiger partial charge is 0.115 e. The SMILES string of the molecule is c1ncc(NCC2CCCSC2)cn1. The van der Waals surface area contributed by atoms with Crippen molar-refractivity contribution in [2.24, 2.45) is 5.92 Å². The Bertz CT molecular complexity index is 259. The molecule has 4 heteroatoms. The molecule has 3 nitrogen and oxygen atoms in total. The summed E-state index contributed by atoms with van der Waals surface area (Å²) in [7, 11) is 0. The Morgan fingerprint density at radius 3 is 3.00 bits per heavy atom. The van der Waals surface area contributed by atoms with Crippen LogP contribution in [-0.4, -0.2) is 28.0 Å². The zero-order valence-corrected chi connectivity index (χ0v) is 8.96. The molecule has 2 heterocycles. The van der Waals surface area contributed by atoms with Gasteiger partial charge >= 0.3 is 0 Å². The average Bonchev–Trinajstić information content (AvgIpc) is 2.29. The highest BCUT2D eigenvalue weighted by atomic mass is 32.2. The number of anilines is 1. The van der Waals surface area contributed by atoms with Crippen LogP contribution in [0.5, 0.6) is 0 Å². The van der Waals surface area contributed by atoms with Crippen molar-refractivity contribution in [3.8, 4) is 0 Å². The third-order valence-corrected chi connectivity index (χ3v) is 3.69. The van der Waals surface area contributed by atoms with Crippen molar-refractivity contribution in [1.29, 1.82) is 0 Å². The highest BCUT2D eigenvalue weighted by Crippen LogP contribution is 2.22. The first-order valence-corrected chi connectivity index (χ1v) is 6.17. The van der Waals surface area contributed by atoms with Gasteiger partial charge < -0.3 is 5.32 Å². The maximum atomic E-state index is 3.97. The molecule has 0 saturated carbocycles. The molecule has 0 bridgehead atoms. The third kappa shape index (κ3) is 2.87. The van der Waals surface area contributed by atoms with Gasteiger partial charge in [-0.3, -0.25) is 0 Å². The molecule has 14 heavy (non-hydrogen) atoms. The fourth-order valence-electron chi connectivity index (χ4n) is 1.62. The number of nitrogens with zero attached hydrogens (tertiary/aromatic N) is 2. The van der Waals surface area contributed by atoms with Gasteiger partial charge in [0.1, 0.15) is 6.33 Å². The number of nitrogens with one attached hydrogen (secondary N) is 1. The molecule has 0 aromatic carbocycles. The molecule has 1 aromatic heterocycles. The molecule has 1 atom stereocenters. The second-order valence-electron chi connectivity index (χ2n) is 3.59. The topological polar surface area (TPSA) is 37.8 Å². The predicted molar refractivity (Wildman–Crippen MR) is 60.6 cm³/mol. The minimum absolute atomic E-state index is 0.814. The summed E-state index contributed by atoms with van der Waals surface area (Å²) in [5.74, 6) is 3.44. The van der Waals surface area contributed by atoms with E-state index in [1.165, 1.54) is 24.3 Å². The Hall–Kier alpha value is -0.770. The van der Waals surface area contributed by atoms with E-state index >= 15 is 0 Å². The molecule has 2 rings (SSSR count). The summed E-state index contributed by atoms with van der Waals surface area (Å²) in [6.07, 6.45) is 7.92. The third-order valence-electron chi connectivity index (χ3n) is 2.41. The standard InChI is InChI=1S/C10H15N3S/c1-2-9(7-14-3-1)4-13-10-5-11-8-12-6-10/h5-6,8-9,13H,1-4,7H2. The summed E-state index contributed by atoms with van der Waals surface area (Å²) in [5, 5.41) is 3.38. The van der Waals surface area contributed by atoms with Gasteiger partial charge in [0.05, 0.1) is 18.1 Å². The largest absolute Gasteiger partial charge is 0.382 e. The van der Waals surface area contributed by atoms with Crippen LogP contribution in [0.3, 0.4) is 0 Å². The molecule has 1 aliphatic heterocycles. The van der Waals surface area contributed by atoms with Crippen molar-refractivity contribution in [2.75, 3.05) is 23.4 Å². The van der Waals surface area contributed by atoms with E-state index in [-0.39, 0.29) is 0 Å². The summed E-state index contributed by atoms with van der Waals surface area (Å²) >= 11 is 2.07. The lowest BCUT2D eigenvalue weighted by Gasteiger charge is -2.21. The Morgan fingerprint density at radius 2 is 2.29 bits per heavy atom. The molecule has 0 radical (unpaired) electrons. The first-order chi connectivity index (χ1) is 6.95. The molecule has 0 aliphatic carbocycles. The summed E-state index contributed by atoms with van der Waals surface area (Å²) < 4.78 is 0. The van der Waals surface area contributed by atoms with Crippen molar-refractivity contribution in [1.82, 2.24) is 9.97 Å². The van der Waals surface area contributed by atoms with Crippen LogP contribution in [0.1, 0.15) is 12.8 Å². The average molecular weight is 209 g/mol. The number of aromatic nitrogens is 2. The van der Waals surface area contributed by atoms with Crippen molar-refractivity contribution in [3.63, 3.8) is 0 Å². The van der Waals surface area contributed by atoms with Crippen molar-refractivity contribution in [2.45, 2.75) is 12.8 Å². The van der Waals surface area contributed by atoms with Gasteiger partial charge in [-0.25, -0.2) is 9.97 Å². The van der Waals surface area contributed by atoms with E-state index in [1.54, 1.807) is 6.33 Å².